The zero-order chi connectivity index (χ0) is 34.6. The van der Waals surface area contributed by atoms with Crippen molar-refractivity contribution < 1.29 is 23.9 Å². The van der Waals surface area contributed by atoms with E-state index in [0.29, 0.717) is 16.0 Å². The Morgan fingerprint density at radius 2 is 1.65 bits per heavy atom. The van der Waals surface area contributed by atoms with Gasteiger partial charge in [0.1, 0.15) is 24.1 Å². The van der Waals surface area contributed by atoms with Gasteiger partial charge in [-0.3, -0.25) is 19.4 Å². The van der Waals surface area contributed by atoms with E-state index in [0.717, 1.165) is 32.7 Å². The van der Waals surface area contributed by atoms with E-state index in [-0.39, 0.29) is 17.7 Å². The Kier molecular flexibility index (Phi) is 10.2. The van der Waals surface area contributed by atoms with Gasteiger partial charge in [-0.05, 0) is 59.7 Å². The summed E-state index contributed by atoms with van der Waals surface area (Å²) in [6, 6.07) is 22.0. The van der Waals surface area contributed by atoms with E-state index in [2.05, 4.69) is 41.7 Å². The minimum Gasteiger partial charge on any atom is -0.480 e. The number of amides is 2. The fourth-order valence-corrected chi connectivity index (χ4v) is 6.12. The lowest BCUT2D eigenvalue weighted by Crippen LogP contribution is -2.51. The standard InChI is InChI=1S/C38H39FN4O4S/c1-22-6-10-25(11-7-22)27-14-15-29(30(39)19-27)28-20-40-34(41-21-28)26-12-8-24(9-13-26)18-31(35(44)42-23(2)37(46)47)43-36(45)32-16-17-33(48-32)38(3,4)5/h6-17,19-21,23,31,34,40H,18H2,1-5H3,(H,42,44)(H,43,45)(H,46,47)/t23-,31+,34?/m1/s1. The topological polar surface area (TPSA) is 120 Å². The van der Waals surface area contributed by atoms with E-state index in [9.17, 15) is 19.5 Å². The van der Waals surface area contributed by atoms with Crippen LogP contribution < -0.4 is 16.0 Å². The van der Waals surface area contributed by atoms with E-state index < -0.39 is 36.0 Å². The molecule has 1 unspecified atom stereocenters. The van der Waals surface area contributed by atoms with Gasteiger partial charge in [0.05, 0.1) is 4.88 Å². The number of halogens is 1. The second-order valence-corrected chi connectivity index (χ2v) is 14.0. The third-order valence-electron chi connectivity index (χ3n) is 8.08. The summed E-state index contributed by atoms with van der Waals surface area (Å²) in [6.45, 7) is 9.55. The lowest BCUT2D eigenvalue weighted by molar-refractivity contribution is -0.141. The number of aryl methyl sites for hydroxylation is 1. The molecule has 0 bridgehead atoms. The average Bonchev–Trinajstić information content (AvgIpc) is 3.57. The Bertz CT molecular complexity index is 1870. The molecule has 248 valence electrons. The van der Waals surface area contributed by atoms with Gasteiger partial charge >= 0.3 is 5.97 Å². The monoisotopic (exact) mass is 666 g/mol. The van der Waals surface area contributed by atoms with Gasteiger partial charge in [-0.25, -0.2) is 4.39 Å². The first-order valence-corrected chi connectivity index (χ1v) is 16.5. The van der Waals surface area contributed by atoms with Crippen LogP contribution in [0.1, 0.15) is 70.7 Å². The molecule has 0 saturated heterocycles. The highest BCUT2D eigenvalue weighted by atomic mass is 32.1. The van der Waals surface area contributed by atoms with Gasteiger partial charge in [-0.1, -0.05) is 87.0 Å². The molecule has 1 aliphatic heterocycles. The van der Waals surface area contributed by atoms with E-state index in [1.165, 1.54) is 24.3 Å². The van der Waals surface area contributed by atoms with E-state index in [1.807, 2.05) is 67.6 Å². The van der Waals surface area contributed by atoms with Crippen LogP contribution in [0.25, 0.3) is 16.7 Å². The largest absolute Gasteiger partial charge is 0.480 e. The second-order valence-electron chi connectivity index (χ2n) is 13.0. The van der Waals surface area contributed by atoms with Crippen LogP contribution in [0.15, 0.2) is 90.1 Å². The molecule has 0 saturated carbocycles. The van der Waals surface area contributed by atoms with Crippen molar-refractivity contribution in [3.63, 3.8) is 0 Å². The predicted molar refractivity (Wildman–Crippen MR) is 189 cm³/mol. The van der Waals surface area contributed by atoms with Crippen molar-refractivity contribution in [3.05, 3.63) is 123 Å². The lowest BCUT2D eigenvalue weighted by Gasteiger charge is -2.21. The maximum Gasteiger partial charge on any atom is 0.325 e. The fraction of sp³-hybridized carbons (Fsp3) is 0.263. The second kappa shape index (κ2) is 14.4. The molecule has 3 aromatic carbocycles. The molecule has 4 N–H and O–H groups in total. The van der Waals surface area contributed by atoms with Gasteiger partial charge in [0.15, 0.2) is 0 Å². The number of thiophene rings is 1. The first kappa shape index (κ1) is 34.3. The molecule has 8 nitrogen and oxygen atoms in total. The fourth-order valence-electron chi connectivity index (χ4n) is 5.16. The number of allylic oxidation sites excluding steroid dienone is 1. The summed E-state index contributed by atoms with van der Waals surface area (Å²) in [5, 5.41) is 17.8. The maximum atomic E-state index is 15.1. The molecule has 0 spiro atoms. The van der Waals surface area contributed by atoms with Gasteiger partial charge in [0.25, 0.3) is 5.91 Å². The molecule has 1 aliphatic rings. The Morgan fingerprint density at radius 1 is 0.958 bits per heavy atom. The first-order valence-electron chi connectivity index (χ1n) is 15.7. The zero-order valence-corrected chi connectivity index (χ0v) is 28.3. The van der Waals surface area contributed by atoms with E-state index >= 15 is 4.39 Å². The Labute approximate surface area is 283 Å². The number of carbonyl (C=O) groups is 3. The Balaban J connectivity index is 1.26. The summed E-state index contributed by atoms with van der Waals surface area (Å²) >= 11 is 1.36. The SMILES string of the molecule is Cc1ccc(-c2ccc(C3=CNC(c4ccc(C[C@H](NC(=O)c5ccc(C(C)(C)C)s5)C(=O)N[C@H](C)C(=O)O)cc4)N=C3)c(F)c2)cc1. The molecular weight excluding hydrogens is 628 g/mol. The molecule has 0 fully saturated rings. The minimum atomic E-state index is -1.18. The van der Waals surface area contributed by atoms with Crippen molar-refractivity contribution in [3.8, 4) is 11.1 Å². The van der Waals surface area contributed by atoms with Gasteiger partial charge < -0.3 is 21.1 Å². The number of nitrogens with one attached hydrogen (secondary N) is 3. The number of rotatable bonds is 10. The molecule has 3 atom stereocenters. The summed E-state index contributed by atoms with van der Waals surface area (Å²) in [5.41, 5.74) is 5.42. The van der Waals surface area contributed by atoms with Crippen molar-refractivity contribution in [1.29, 1.82) is 0 Å². The van der Waals surface area contributed by atoms with Crippen LogP contribution in [-0.4, -0.2) is 41.2 Å². The Morgan fingerprint density at radius 3 is 2.23 bits per heavy atom. The smallest absolute Gasteiger partial charge is 0.325 e. The van der Waals surface area contributed by atoms with Crippen LogP contribution in [0.3, 0.4) is 0 Å². The predicted octanol–water partition coefficient (Wildman–Crippen LogP) is 6.80. The zero-order valence-electron chi connectivity index (χ0n) is 27.5. The lowest BCUT2D eigenvalue weighted by atomic mass is 9.95. The molecule has 1 aromatic heterocycles. The highest BCUT2D eigenvalue weighted by Crippen LogP contribution is 2.30. The molecule has 0 aliphatic carbocycles. The molecule has 4 aromatic rings. The summed E-state index contributed by atoms with van der Waals surface area (Å²) < 4.78 is 15.1. The number of aliphatic imine (C=N–C) groups is 1. The normalized spacial score (nSPS) is 15.5. The van der Waals surface area contributed by atoms with E-state index in [4.69, 9.17) is 0 Å². The molecule has 5 rings (SSSR count). The van der Waals surface area contributed by atoms with Gasteiger partial charge in [0.2, 0.25) is 5.91 Å². The number of carboxylic acid groups (broad SMARTS) is 1. The summed E-state index contributed by atoms with van der Waals surface area (Å²) in [5.74, 6) is -2.51. The number of carbonyl (C=O) groups excluding carboxylic acids is 2. The van der Waals surface area contributed by atoms with Crippen LogP contribution in [0.5, 0.6) is 0 Å². The minimum absolute atomic E-state index is 0.128. The summed E-state index contributed by atoms with van der Waals surface area (Å²) in [4.78, 5) is 43.8. The van der Waals surface area contributed by atoms with Crippen molar-refractivity contribution in [1.82, 2.24) is 16.0 Å². The number of nitrogens with zero attached hydrogens (tertiary/aromatic N) is 1. The number of hydrogen-bond donors (Lipinski definition) is 4. The van der Waals surface area contributed by atoms with Crippen LogP contribution in [0.4, 0.5) is 4.39 Å². The van der Waals surface area contributed by atoms with Gasteiger partial charge in [-0.15, -0.1) is 11.3 Å². The summed E-state index contributed by atoms with van der Waals surface area (Å²) in [7, 11) is 0. The van der Waals surface area contributed by atoms with Crippen LogP contribution in [-0.2, 0) is 21.4 Å². The van der Waals surface area contributed by atoms with Crippen molar-refractivity contribution >= 4 is 40.9 Å². The van der Waals surface area contributed by atoms with E-state index in [1.54, 1.807) is 24.5 Å². The average molecular weight is 667 g/mol. The molecule has 0 radical (unpaired) electrons. The molecule has 2 amide bonds. The van der Waals surface area contributed by atoms with Gasteiger partial charge in [-0.2, -0.15) is 0 Å². The molecule has 10 heteroatoms. The molecule has 48 heavy (non-hydrogen) atoms. The first-order chi connectivity index (χ1) is 22.8. The number of hydrogen-bond acceptors (Lipinski definition) is 6. The van der Waals surface area contributed by atoms with Crippen LogP contribution in [0.2, 0.25) is 0 Å². The summed E-state index contributed by atoms with van der Waals surface area (Å²) in [6.07, 6.45) is 3.13. The third kappa shape index (κ3) is 8.24. The van der Waals surface area contributed by atoms with Crippen LogP contribution in [0, 0.1) is 12.7 Å². The number of carboxylic acids is 1. The number of benzene rings is 3. The highest BCUT2D eigenvalue weighted by Gasteiger charge is 2.27. The highest BCUT2D eigenvalue weighted by molar-refractivity contribution is 7.14. The van der Waals surface area contributed by atoms with Crippen molar-refractivity contribution in [2.45, 2.75) is 64.7 Å². The molecular formula is C38H39FN4O4S. The number of aliphatic carboxylic acids is 1. The third-order valence-corrected chi connectivity index (χ3v) is 9.59. The maximum absolute atomic E-state index is 15.1. The van der Waals surface area contributed by atoms with Crippen molar-refractivity contribution in [2.24, 2.45) is 4.99 Å². The molecule has 2 heterocycles. The van der Waals surface area contributed by atoms with Gasteiger partial charge in [0, 0.05) is 34.8 Å². The van der Waals surface area contributed by atoms with Crippen molar-refractivity contribution in [2.75, 3.05) is 0 Å². The Hall–Kier alpha value is -5.09. The van der Waals surface area contributed by atoms with Crippen LogP contribution >= 0.6 is 11.3 Å². The quantitative estimate of drug-likeness (QED) is 0.148.